The number of carbonyl (C=O) groups is 1. The van der Waals surface area contributed by atoms with Crippen molar-refractivity contribution in [2.75, 3.05) is 11.4 Å². The summed E-state index contributed by atoms with van der Waals surface area (Å²) in [6, 6.07) is 9.73. The van der Waals surface area contributed by atoms with Gasteiger partial charge in [0.05, 0.1) is 23.2 Å². The third-order valence-electron chi connectivity index (χ3n) is 5.64. The van der Waals surface area contributed by atoms with Crippen molar-refractivity contribution in [3.63, 3.8) is 0 Å². The van der Waals surface area contributed by atoms with Gasteiger partial charge in [-0.25, -0.2) is 19.5 Å². The Morgan fingerprint density at radius 2 is 2.13 bits per heavy atom. The van der Waals surface area contributed by atoms with Gasteiger partial charge in [0.25, 0.3) is 5.91 Å². The number of nitrogens with one attached hydrogen (secondary N) is 2. The minimum Gasteiger partial charge on any atom is -0.348 e. The van der Waals surface area contributed by atoms with Crippen LogP contribution in [0.15, 0.2) is 49.1 Å². The first-order valence-corrected chi connectivity index (χ1v) is 10.1. The quantitative estimate of drug-likeness (QED) is 0.542. The van der Waals surface area contributed by atoms with E-state index in [2.05, 4.69) is 36.2 Å². The molecule has 1 atom stereocenters. The molecule has 6 rings (SSSR count). The Labute approximate surface area is 172 Å². The average molecular weight is 400 g/mol. The van der Waals surface area contributed by atoms with Gasteiger partial charge in [-0.3, -0.25) is 4.79 Å². The molecule has 9 nitrogen and oxygen atoms in total. The van der Waals surface area contributed by atoms with E-state index in [1.54, 1.807) is 18.6 Å². The van der Waals surface area contributed by atoms with Gasteiger partial charge in [-0.1, -0.05) is 6.07 Å². The number of hydrogen-bond donors (Lipinski definition) is 2. The summed E-state index contributed by atoms with van der Waals surface area (Å²) in [7, 11) is 0. The summed E-state index contributed by atoms with van der Waals surface area (Å²) in [5.41, 5.74) is 4.27. The lowest BCUT2D eigenvalue weighted by molar-refractivity contribution is 0.0946. The van der Waals surface area contributed by atoms with Crippen LogP contribution in [0, 0.1) is 0 Å². The van der Waals surface area contributed by atoms with Crippen molar-refractivity contribution < 1.29 is 4.79 Å². The molecule has 2 aliphatic rings. The molecular formula is C21H20N8O. The van der Waals surface area contributed by atoms with Gasteiger partial charge in [0, 0.05) is 37.1 Å². The molecule has 0 saturated heterocycles. The minimum absolute atomic E-state index is 0.150. The first kappa shape index (κ1) is 17.1. The second-order valence-electron chi connectivity index (χ2n) is 7.74. The molecule has 150 valence electrons. The maximum Gasteiger partial charge on any atom is 0.270 e. The fourth-order valence-electron chi connectivity index (χ4n) is 3.98. The summed E-state index contributed by atoms with van der Waals surface area (Å²) in [5, 5.41) is 7.77. The van der Waals surface area contributed by atoms with Crippen LogP contribution in [0.25, 0.3) is 5.52 Å². The van der Waals surface area contributed by atoms with Crippen molar-refractivity contribution in [1.29, 1.82) is 0 Å². The minimum atomic E-state index is -0.235. The number of rotatable bonds is 4. The first-order valence-electron chi connectivity index (χ1n) is 10.1. The molecule has 30 heavy (non-hydrogen) atoms. The third-order valence-corrected chi connectivity index (χ3v) is 5.64. The van der Waals surface area contributed by atoms with E-state index in [0.717, 1.165) is 41.9 Å². The highest BCUT2D eigenvalue weighted by Crippen LogP contribution is 2.35. The van der Waals surface area contributed by atoms with Gasteiger partial charge in [0.1, 0.15) is 11.7 Å². The molecule has 1 fully saturated rings. The van der Waals surface area contributed by atoms with Gasteiger partial charge >= 0.3 is 0 Å². The lowest BCUT2D eigenvalue weighted by Crippen LogP contribution is -2.38. The second-order valence-corrected chi connectivity index (χ2v) is 7.74. The van der Waals surface area contributed by atoms with Crippen LogP contribution in [0.1, 0.15) is 46.5 Å². The summed E-state index contributed by atoms with van der Waals surface area (Å²) >= 11 is 0. The van der Waals surface area contributed by atoms with Crippen LogP contribution in [0.3, 0.4) is 0 Å². The van der Waals surface area contributed by atoms with E-state index in [-0.39, 0.29) is 18.0 Å². The van der Waals surface area contributed by atoms with Crippen LogP contribution >= 0.6 is 0 Å². The molecule has 5 heterocycles. The molecule has 0 bridgehead atoms. The molecule has 1 aliphatic carbocycles. The molecule has 0 radical (unpaired) electrons. The summed E-state index contributed by atoms with van der Waals surface area (Å²) in [4.78, 5) is 31.5. The fourth-order valence-corrected chi connectivity index (χ4v) is 3.98. The standard InChI is InChI=1S/C21H20N8O/c30-20(25-13-4-5-13)16-6-8-22-21(26-16)28-10-7-15-18(24-12-23-15)19(28)17-11-14-3-1-2-9-29(14)27-17/h1-3,6,8-9,11-13,19H,4-5,7,10H2,(H,23,24)(H,25,30)/t19-/m0/s1. The number of carbonyl (C=O) groups excluding carboxylic acids is 1. The molecule has 9 heteroatoms. The van der Waals surface area contributed by atoms with Crippen LogP contribution in [0.4, 0.5) is 5.95 Å². The first-order chi connectivity index (χ1) is 14.8. The van der Waals surface area contributed by atoms with E-state index in [4.69, 9.17) is 5.10 Å². The van der Waals surface area contributed by atoms with Gasteiger partial charge in [-0.2, -0.15) is 5.10 Å². The highest BCUT2D eigenvalue weighted by atomic mass is 16.2. The zero-order chi connectivity index (χ0) is 20.1. The number of aromatic nitrogens is 6. The Bertz CT molecular complexity index is 1210. The highest BCUT2D eigenvalue weighted by Gasteiger charge is 2.35. The van der Waals surface area contributed by atoms with Gasteiger partial charge in [0.15, 0.2) is 0 Å². The lowest BCUT2D eigenvalue weighted by Gasteiger charge is -2.34. The van der Waals surface area contributed by atoms with Crippen LogP contribution in [0.2, 0.25) is 0 Å². The molecule has 4 aromatic rings. The second kappa shape index (κ2) is 6.65. The Balaban J connectivity index is 1.42. The van der Waals surface area contributed by atoms with Gasteiger partial charge in [-0.05, 0) is 37.1 Å². The number of H-pyrrole nitrogens is 1. The normalized spacial score (nSPS) is 18.4. The van der Waals surface area contributed by atoms with E-state index in [1.165, 1.54) is 0 Å². The molecule has 0 aromatic carbocycles. The Morgan fingerprint density at radius 1 is 1.20 bits per heavy atom. The molecule has 1 saturated carbocycles. The van der Waals surface area contributed by atoms with Crippen molar-refractivity contribution in [3.8, 4) is 0 Å². The van der Waals surface area contributed by atoms with Crippen LogP contribution in [-0.4, -0.2) is 48.0 Å². The predicted octanol–water partition coefficient (Wildman–Crippen LogP) is 1.89. The van der Waals surface area contributed by atoms with Crippen molar-refractivity contribution in [2.45, 2.75) is 31.3 Å². The number of hydrogen-bond acceptors (Lipinski definition) is 6. The van der Waals surface area contributed by atoms with Gasteiger partial charge in [-0.15, -0.1) is 0 Å². The smallest absolute Gasteiger partial charge is 0.270 e. The monoisotopic (exact) mass is 400 g/mol. The van der Waals surface area contributed by atoms with E-state index < -0.39 is 0 Å². The lowest BCUT2D eigenvalue weighted by atomic mass is 10.00. The third kappa shape index (κ3) is 2.90. The molecule has 1 aliphatic heterocycles. The van der Waals surface area contributed by atoms with E-state index in [9.17, 15) is 4.79 Å². The number of aromatic amines is 1. The number of nitrogens with zero attached hydrogens (tertiary/aromatic N) is 6. The fraction of sp³-hybridized carbons (Fsp3) is 0.286. The number of pyridine rings is 1. The van der Waals surface area contributed by atoms with Crippen LogP contribution in [-0.2, 0) is 6.42 Å². The van der Waals surface area contributed by atoms with Crippen LogP contribution < -0.4 is 10.2 Å². The SMILES string of the molecule is O=C(NC1CC1)c1ccnc(N2CCc3[nH]cnc3[C@@H]2c2cc3ccccn3n2)n1. The summed E-state index contributed by atoms with van der Waals surface area (Å²) in [5.74, 6) is 0.358. The van der Waals surface area contributed by atoms with E-state index in [0.29, 0.717) is 18.2 Å². The maximum absolute atomic E-state index is 12.5. The zero-order valence-corrected chi connectivity index (χ0v) is 16.2. The number of anilines is 1. The molecular weight excluding hydrogens is 380 g/mol. The molecule has 1 amide bonds. The zero-order valence-electron chi connectivity index (χ0n) is 16.2. The van der Waals surface area contributed by atoms with Crippen molar-refractivity contribution >= 4 is 17.4 Å². The van der Waals surface area contributed by atoms with Gasteiger partial charge < -0.3 is 15.2 Å². The number of amides is 1. The summed E-state index contributed by atoms with van der Waals surface area (Å²) in [6.45, 7) is 0.696. The molecule has 2 N–H and O–H groups in total. The van der Waals surface area contributed by atoms with Crippen LogP contribution in [0.5, 0.6) is 0 Å². The Hall–Kier alpha value is -3.75. The van der Waals surface area contributed by atoms with E-state index >= 15 is 0 Å². The average Bonchev–Trinajstić information content (AvgIpc) is 3.29. The molecule has 0 spiro atoms. The van der Waals surface area contributed by atoms with Crippen molar-refractivity contribution in [1.82, 2.24) is 34.9 Å². The maximum atomic E-state index is 12.5. The predicted molar refractivity (Wildman–Crippen MR) is 109 cm³/mol. The highest BCUT2D eigenvalue weighted by molar-refractivity contribution is 5.92. The topological polar surface area (TPSA) is 104 Å². The van der Waals surface area contributed by atoms with E-state index in [1.807, 2.05) is 28.9 Å². The van der Waals surface area contributed by atoms with Crippen molar-refractivity contribution in [2.24, 2.45) is 0 Å². The molecule has 4 aromatic heterocycles. The van der Waals surface area contributed by atoms with Gasteiger partial charge in [0.2, 0.25) is 5.95 Å². The molecule has 0 unspecified atom stereocenters. The largest absolute Gasteiger partial charge is 0.348 e. The number of imidazole rings is 1. The van der Waals surface area contributed by atoms with Crippen molar-refractivity contribution in [3.05, 3.63) is 71.8 Å². The Morgan fingerprint density at radius 3 is 3.00 bits per heavy atom. The summed E-state index contributed by atoms with van der Waals surface area (Å²) in [6.07, 6.45) is 8.15. The number of fused-ring (bicyclic) bond motifs is 2. The summed E-state index contributed by atoms with van der Waals surface area (Å²) < 4.78 is 1.86. The Kier molecular flexibility index (Phi) is 3.80.